The van der Waals surface area contributed by atoms with Crippen LogP contribution in [0.1, 0.15) is 23.2 Å². The summed E-state index contributed by atoms with van der Waals surface area (Å²) in [5.41, 5.74) is 10.6. The number of amides is 1. The van der Waals surface area contributed by atoms with Crippen molar-refractivity contribution in [1.82, 2.24) is 9.88 Å². The zero-order valence-corrected chi connectivity index (χ0v) is 15.1. The number of likely N-dealkylation sites (N-methyl/N-ethyl adjacent to an activating group) is 1. The first-order valence-corrected chi connectivity index (χ1v) is 8.94. The maximum absolute atomic E-state index is 12.2. The highest BCUT2D eigenvalue weighted by Gasteiger charge is 2.11. The standard InChI is InChI=1S/C20H25N5O/c1-25(12-10-17-7-2-3-11-22-17)19(26)14-23-20(21)24-18-9-8-15-5-4-6-16(15)13-18/h2-3,7-9,11,13H,4-6,10,12,14H2,1H3,(H3,21,23,24). The lowest BCUT2D eigenvalue weighted by Gasteiger charge is -2.16. The summed E-state index contributed by atoms with van der Waals surface area (Å²) in [6.45, 7) is 0.631. The van der Waals surface area contributed by atoms with Gasteiger partial charge in [-0.1, -0.05) is 12.1 Å². The first-order valence-electron chi connectivity index (χ1n) is 8.94. The fraction of sp³-hybridized carbons (Fsp3) is 0.350. The van der Waals surface area contributed by atoms with Crippen LogP contribution in [0.3, 0.4) is 0 Å². The van der Waals surface area contributed by atoms with Crippen molar-refractivity contribution >= 4 is 17.6 Å². The number of aryl methyl sites for hydroxylation is 2. The van der Waals surface area contributed by atoms with Crippen LogP contribution < -0.4 is 11.1 Å². The molecule has 1 aromatic carbocycles. The minimum Gasteiger partial charge on any atom is -0.370 e. The van der Waals surface area contributed by atoms with Crippen molar-refractivity contribution in [2.45, 2.75) is 25.7 Å². The second-order valence-electron chi connectivity index (χ2n) is 6.55. The van der Waals surface area contributed by atoms with Crippen molar-refractivity contribution in [3.63, 3.8) is 0 Å². The average molecular weight is 351 g/mol. The summed E-state index contributed by atoms with van der Waals surface area (Å²) in [6.07, 6.45) is 5.95. The Bertz CT molecular complexity index is 788. The molecule has 1 heterocycles. The number of anilines is 1. The Morgan fingerprint density at radius 2 is 2.12 bits per heavy atom. The van der Waals surface area contributed by atoms with E-state index < -0.39 is 0 Å². The molecule has 6 heteroatoms. The zero-order chi connectivity index (χ0) is 18.4. The summed E-state index contributed by atoms with van der Waals surface area (Å²) in [7, 11) is 1.77. The molecule has 0 radical (unpaired) electrons. The molecule has 1 aliphatic carbocycles. The first-order chi connectivity index (χ1) is 12.6. The van der Waals surface area contributed by atoms with Gasteiger partial charge in [-0.05, 0) is 54.7 Å². The van der Waals surface area contributed by atoms with Crippen molar-refractivity contribution in [3.8, 4) is 0 Å². The molecule has 0 spiro atoms. The molecule has 0 fully saturated rings. The van der Waals surface area contributed by atoms with Crippen molar-refractivity contribution in [1.29, 1.82) is 0 Å². The maximum atomic E-state index is 12.2. The second kappa shape index (κ2) is 8.47. The van der Waals surface area contributed by atoms with Crippen molar-refractivity contribution < 1.29 is 4.79 Å². The molecule has 1 aromatic heterocycles. The number of nitrogens with two attached hydrogens (primary N) is 1. The first kappa shape index (κ1) is 17.9. The molecule has 0 saturated carbocycles. The number of nitrogens with one attached hydrogen (secondary N) is 1. The fourth-order valence-corrected chi connectivity index (χ4v) is 3.06. The van der Waals surface area contributed by atoms with Crippen molar-refractivity contribution in [2.75, 3.05) is 25.5 Å². The number of carbonyl (C=O) groups is 1. The van der Waals surface area contributed by atoms with Crippen molar-refractivity contribution in [2.24, 2.45) is 10.7 Å². The van der Waals surface area contributed by atoms with Crippen LogP contribution in [-0.2, 0) is 24.1 Å². The summed E-state index contributed by atoms with van der Waals surface area (Å²) in [5.74, 6) is 0.189. The highest BCUT2D eigenvalue weighted by atomic mass is 16.2. The molecule has 1 amide bonds. The van der Waals surface area contributed by atoms with E-state index in [0.717, 1.165) is 30.6 Å². The molecule has 0 unspecified atom stereocenters. The Balaban J connectivity index is 1.47. The number of pyridine rings is 1. The monoisotopic (exact) mass is 351 g/mol. The molecule has 2 aromatic rings. The van der Waals surface area contributed by atoms with Crippen LogP contribution in [0.4, 0.5) is 5.69 Å². The summed E-state index contributed by atoms with van der Waals surface area (Å²) >= 11 is 0. The number of benzene rings is 1. The van der Waals surface area contributed by atoms with E-state index in [1.165, 1.54) is 17.5 Å². The number of guanidine groups is 1. The minimum atomic E-state index is -0.0698. The van der Waals surface area contributed by atoms with Gasteiger partial charge in [-0.25, -0.2) is 4.99 Å². The second-order valence-corrected chi connectivity index (χ2v) is 6.55. The van der Waals surface area contributed by atoms with E-state index in [9.17, 15) is 4.79 Å². The topological polar surface area (TPSA) is 83.6 Å². The normalized spacial score (nSPS) is 13.3. The lowest BCUT2D eigenvalue weighted by Crippen LogP contribution is -2.32. The van der Waals surface area contributed by atoms with E-state index in [-0.39, 0.29) is 18.4 Å². The Labute approximate surface area is 154 Å². The predicted octanol–water partition coefficient (Wildman–Crippen LogP) is 2.00. The van der Waals surface area contributed by atoms with Gasteiger partial charge in [0.25, 0.3) is 0 Å². The molecule has 0 bridgehead atoms. The quantitative estimate of drug-likeness (QED) is 0.616. The smallest absolute Gasteiger partial charge is 0.244 e. The Kier molecular flexibility index (Phi) is 5.84. The van der Waals surface area contributed by atoms with Gasteiger partial charge in [0.05, 0.1) is 0 Å². The molecule has 6 nitrogen and oxygen atoms in total. The molecule has 0 saturated heterocycles. The highest BCUT2D eigenvalue weighted by Crippen LogP contribution is 2.24. The highest BCUT2D eigenvalue weighted by molar-refractivity contribution is 5.94. The minimum absolute atomic E-state index is 0.0303. The number of hydrogen-bond donors (Lipinski definition) is 2. The van der Waals surface area contributed by atoms with E-state index in [4.69, 9.17) is 5.73 Å². The predicted molar refractivity (Wildman–Crippen MR) is 104 cm³/mol. The number of nitrogens with zero attached hydrogens (tertiary/aromatic N) is 3. The third-order valence-corrected chi connectivity index (χ3v) is 4.61. The van der Waals surface area contributed by atoms with E-state index in [1.807, 2.05) is 24.3 Å². The molecule has 0 atom stereocenters. The lowest BCUT2D eigenvalue weighted by molar-refractivity contribution is -0.128. The summed E-state index contributed by atoms with van der Waals surface area (Å²) in [5, 5.41) is 3.07. The van der Waals surface area contributed by atoms with Crippen LogP contribution in [0.25, 0.3) is 0 Å². The van der Waals surface area contributed by atoms with Gasteiger partial charge in [0.1, 0.15) is 6.54 Å². The molecule has 1 aliphatic rings. The number of aliphatic imine (C=N–C) groups is 1. The van der Waals surface area contributed by atoms with Gasteiger partial charge >= 0.3 is 0 Å². The van der Waals surface area contributed by atoms with Gasteiger partial charge in [-0.2, -0.15) is 0 Å². The van der Waals surface area contributed by atoms with Gasteiger partial charge in [0.15, 0.2) is 5.96 Å². The molecule has 3 N–H and O–H groups in total. The number of hydrogen-bond acceptors (Lipinski definition) is 3. The fourth-order valence-electron chi connectivity index (χ4n) is 3.06. The number of carbonyl (C=O) groups excluding carboxylic acids is 1. The Hall–Kier alpha value is -2.89. The molecule has 26 heavy (non-hydrogen) atoms. The van der Waals surface area contributed by atoms with E-state index in [1.54, 1.807) is 18.1 Å². The van der Waals surface area contributed by atoms with Crippen LogP contribution in [0.15, 0.2) is 47.6 Å². The summed E-state index contributed by atoms with van der Waals surface area (Å²) < 4.78 is 0. The van der Waals surface area contributed by atoms with Gasteiger partial charge in [0.2, 0.25) is 5.91 Å². The lowest BCUT2D eigenvalue weighted by atomic mass is 10.1. The summed E-state index contributed by atoms with van der Waals surface area (Å²) in [4.78, 5) is 22.3. The maximum Gasteiger partial charge on any atom is 0.244 e. The van der Waals surface area contributed by atoms with Gasteiger partial charge in [0, 0.05) is 37.6 Å². The van der Waals surface area contributed by atoms with Crippen LogP contribution in [-0.4, -0.2) is 41.9 Å². The third-order valence-electron chi connectivity index (χ3n) is 4.61. The van der Waals surface area contributed by atoms with Crippen LogP contribution in [0.5, 0.6) is 0 Å². The third kappa shape index (κ3) is 4.81. The largest absolute Gasteiger partial charge is 0.370 e. The number of fused-ring (bicyclic) bond motifs is 1. The van der Waals surface area contributed by atoms with Crippen LogP contribution in [0, 0.1) is 0 Å². The Morgan fingerprint density at radius 1 is 1.27 bits per heavy atom. The van der Waals surface area contributed by atoms with E-state index >= 15 is 0 Å². The van der Waals surface area contributed by atoms with E-state index in [0.29, 0.717) is 6.54 Å². The van der Waals surface area contributed by atoms with Crippen LogP contribution >= 0.6 is 0 Å². The SMILES string of the molecule is CN(CCc1ccccn1)C(=O)CN=C(N)Nc1ccc2c(c1)CCC2. The number of rotatable bonds is 6. The molecule has 3 rings (SSSR count). The van der Waals surface area contributed by atoms with Crippen molar-refractivity contribution in [3.05, 3.63) is 59.4 Å². The molecular formula is C20H25N5O. The molecule has 136 valence electrons. The van der Waals surface area contributed by atoms with Gasteiger partial charge in [-0.3, -0.25) is 9.78 Å². The average Bonchev–Trinajstić information content (AvgIpc) is 3.12. The zero-order valence-electron chi connectivity index (χ0n) is 15.1. The molecule has 0 aliphatic heterocycles. The van der Waals surface area contributed by atoms with Crippen LogP contribution in [0.2, 0.25) is 0 Å². The van der Waals surface area contributed by atoms with Gasteiger partial charge < -0.3 is 16.0 Å². The van der Waals surface area contributed by atoms with Gasteiger partial charge in [-0.15, -0.1) is 0 Å². The van der Waals surface area contributed by atoms with E-state index in [2.05, 4.69) is 27.4 Å². The Morgan fingerprint density at radius 3 is 2.92 bits per heavy atom. The molecular weight excluding hydrogens is 326 g/mol. The summed E-state index contributed by atoms with van der Waals surface area (Å²) in [6, 6.07) is 12.0. The number of aromatic nitrogens is 1.